The van der Waals surface area contributed by atoms with E-state index < -0.39 is 0 Å². The molecule has 2 rings (SSSR count). The van der Waals surface area contributed by atoms with Crippen molar-refractivity contribution < 1.29 is 9.53 Å². The van der Waals surface area contributed by atoms with E-state index in [0.717, 1.165) is 38.2 Å². The van der Waals surface area contributed by atoms with E-state index >= 15 is 0 Å². The van der Waals surface area contributed by atoms with E-state index in [2.05, 4.69) is 5.32 Å². The summed E-state index contributed by atoms with van der Waals surface area (Å²) in [6.07, 6.45) is 2.16. The number of piperidine rings is 1. The first-order valence-electron chi connectivity index (χ1n) is 7.31. The number of hydrogen-bond donors (Lipinski definition) is 1. The summed E-state index contributed by atoms with van der Waals surface area (Å²) in [6.45, 7) is 4.91. The monoisotopic (exact) mass is 312 g/mol. The van der Waals surface area contributed by atoms with Gasteiger partial charge < -0.3 is 15.0 Å². The molecule has 0 atom stereocenters. The van der Waals surface area contributed by atoms with Gasteiger partial charge in [-0.3, -0.25) is 4.79 Å². The highest BCUT2D eigenvalue weighted by Gasteiger charge is 2.22. The molecular formula is C16H25ClN2O2. The molecule has 0 radical (unpaired) electrons. The van der Waals surface area contributed by atoms with Crippen LogP contribution in [-0.4, -0.2) is 44.1 Å². The van der Waals surface area contributed by atoms with E-state index in [9.17, 15) is 4.79 Å². The van der Waals surface area contributed by atoms with Crippen LogP contribution in [0.3, 0.4) is 0 Å². The molecule has 0 saturated carbocycles. The number of nitrogens with zero attached hydrogens (tertiary/aromatic N) is 1. The summed E-state index contributed by atoms with van der Waals surface area (Å²) in [6, 6.07) is 7.79. The van der Waals surface area contributed by atoms with Gasteiger partial charge in [0, 0.05) is 13.1 Å². The number of aryl methyl sites for hydroxylation is 1. The Hall–Kier alpha value is -1.26. The van der Waals surface area contributed by atoms with Crippen molar-refractivity contribution in [2.24, 2.45) is 5.92 Å². The topological polar surface area (TPSA) is 41.6 Å². The summed E-state index contributed by atoms with van der Waals surface area (Å²) in [5.74, 6) is 1.55. The summed E-state index contributed by atoms with van der Waals surface area (Å²) < 4.78 is 5.55. The Morgan fingerprint density at radius 3 is 2.48 bits per heavy atom. The minimum absolute atomic E-state index is 0. The normalized spacial score (nSPS) is 15.4. The van der Waals surface area contributed by atoms with Crippen molar-refractivity contribution in [3.63, 3.8) is 0 Å². The van der Waals surface area contributed by atoms with Gasteiger partial charge in [0.15, 0.2) is 6.61 Å². The van der Waals surface area contributed by atoms with Crippen molar-refractivity contribution in [3.05, 3.63) is 29.8 Å². The molecular weight excluding hydrogens is 288 g/mol. The fourth-order valence-corrected chi connectivity index (χ4v) is 2.55. The Labute approximate surface area is 133 Å². The van der Waals surface area contributed by atoms with Crippen LogP contribution >= 0.6 is 12.4 Å². The van der Waals surface area contributed by atoms with Crippen LogP contribution in [0.25, 0.3) is 0 Å². The highest BCUT2D eigenvalue weighted by atomic mass is 35.5. The molecule has 5 heteroatoms. The standard InChI is InChI=1S/C16H24N2O2.ClH/c1-13-3-5-15(6-4-13)20-12-16(19)18-9-7-14(8-10-18)11-17-2;/h3-6,14,17H,7-12H2,1-2H3;1H. The SMILES string of the molecule is CNCC1CCN(C(=O)COc2ccc(C)cc2)CC1.Cl. The molecule has 1 aliphatic heterocycles. The largest absolute Gasteiger partial charge is 0.484 e. The number of rotatable bonds is 5. The molecule has 1 saturated heterocycles. The van der Waals surface area contributed by atoms with Crippen molar-refractivity contribution in [2.75, 3.05) is 33.3 Å². The lowest BCUT2D eigenvalue weighted by molar-refractivity contribution is -0.134. The molecule has 0 spiro atoms. The number of carbonyl (C=O) groups excluding carboxylic acids is 1. The Kier molecular flexibility index (Phi) is 7.54. The van der Waals surface area contributed by atoms with Crippen molar-refractivity contribution in [1.29, 1.82) is 0 Å². The number of likely N-dealkylation sites (tertiary alicyclic amines) is 1. The van der Waals surface area contributed by atoms with E-state index in [-0.39, 0.29) is 24.9 Å². The lowest BCUT2D eigenvalue weighted by Gasteiger charge is -2.31. The first-order chi connectivity index (χ1) is 9.69. The Morgan fingerprint density at radius 2 is 1.90 bits per heavy atom. The Morgan fingerprint density at radius 1 is 1.29 bits per heavy atom. The predicted molar refractivity (Wildman–Crippen MR) is 87.2 cm³/mol. The van der Waals surface area contributed by atoms with Crippen molar-refractivity contribution in [2.45, 2.75) is 19.8 Å². The molecule has 118 valence electrons. The van der Waals surface area contributed by atoms with Crippen LogP contribution in [-0.2, 0) is 4.79 Å². The molecule has 1 fully saturated rings. The van der Waals surface area contributed by atoms with Crippen LogP contribution in [0, 0.1) is 12.8 Å². The molecule has 4 nitrogen and oxygen atoms in total. The molecule has 1 aromatic rings. The average Bonchev–Trinajstić information content (AvgIpc) is 2.47. The molecule has 0 aliphatic carbocycles. The zero-order chi connectivity index (χ0) is 14.4. The van der Waals surface area contributed by atoms with Gasteiger partial charge in [0.25, 0.3) is 5.91 Å². The minimum Gasteiger partial charge on any atom is -0.484 e. The van der Waals surface area contributed by atoms with Gasteiger partial charge in [0.05, 0.1) is 0 Å². The van der Waals surface area contributed by atoms with Crippen LogP contribution in [0.5, 0.6) is 5.75 Å². The summed E-state index contributed by atoms with van der Waals surface area (Å²) in [5, 5.41) is 3.20. The fraction of sp³-hybridized carbons (Fsp3) is 0.562. The molecule has 1 N–H and O–H groups in total. The highest BCUT2D eigenvalue weighted by molar-refractivity contribution is 5.85. The van der Waals surface area contributed by atoms with Gasteiger partial charge in [-0.15, -0.1) is 12.4 Å². The summed E-state index contributed by atoms with van der Waals surface area (Å²) in [7, 11) is 1.98. The number of hydrogen-bond acceptors (Lipinski definition) is 3. The molecule has 1 aliphatic rings. The van der Waals surface area contributed by atoms with E-state index in [1.807, 2.05) is 43.1 Å². The van der Waals surface area contributed by atoms with Crippen LogP contribution in [0.15, 0.2) is 24.3 Å². The van der Waals surface area contributed by atoms with E-state index in [4.69, 9.17) is 4.74 Å². The number of ether oxygens (including phenoxy) is 1. The Bertz CT molecular complexity index is 428. The first kappa shape index (κ1) is 17.8. The molecule has 0 bridgehead atoms. The number of nitrogens with one attached hydrogen (secondary N) is 1. The summed E-state index contributed by atoms with van der Waals surface area (Å²) >= 11 is 0. The van der Waals surface area contributed by atoms with Crippen LogP contribution in [0.4, 0.5) is 0 Å². The number of carbonyl (C=O) groups is 1. The second kappa shape index (κ2) is 8.90. The van der Waals surface area contributed by atoms with Crippen molar-refractivity contribution in [1.82, 2.24) is 10.2 Å². The number of halogens is 1. The maximum absolute atomic E-state index is 12.1. The molecule has 21 heavy (non-hydrogen) atoms. The molecule has 0 unspecified atom stereocenters. The second-order valence-corrected chi connectivity index (χ2v) is 5.48. The van der Waals surface area contributed by atoms with Gasteiger partial charge in [-0.2, -0.15) is 0 Å². The molecule has 0 aromatic heterocycles. The third kappa shape index (κ3) is 5.56. The number of benzene rings is 1. The Balaban J connectivity index is 0.00000220. The molecule has 1 amide bonds. The van der Waals surface area contributed by atoms with Gasteiger partial charge in [0.2, 0.25) is 0 Å². The van der Waals surface area contributed by atoms with Crippen molar-refractivity contribution >= 4 is 18.3 Å². The second-order valence-electron chi connectivity index (χ2n) is 5.48. The summed E-state index contributed by atoms with van der Waals surface area (Å²) in [4.78, 5) is 14.0. The summed E-state index contributed by atoms with van der Waals surface area (Å²) in [5.41, 5.74) is 1.19. The smallest absolute Gasteiger partial charge is 0.260 e. The lowest BCUT2D eigenvalue weighted by atomic mass is 9.97. The van der Waals surface area contributed by atoms with Gasteiger partial charge in [0.1, 0.15) is 5.75 Å². The van der Waals surface area contributed by atoms with Crippen LogP contribution in [0.2, 0.25) is 0 Å². The zero-order valence-electron chi connectivity index (χ0n) is 12.8. The third-order valence-corrected chi connectivity index (χ3v) is 3.84. The van der Waals surface area contributed by atoms with E-state index in [1.165, 1.54) is 5.56 Å². The van der Waals surface area contributed by atoms with Gasteiger partial charge in [-0.25, -0.2) is 0 Å². The lowest BCUT2D eigenvalue weighted by Crippen LogP contribution is -2.42. The van der Waals surface area contributed by atoms with E-state index in [0.29, 0.717) is 5.92 Å². The quantitative estimate of drug-likeness (QED) is 0.907. The third-order valence-electron chi connectivity index (χ3n) is 3.84. The average molecular weight is 313 g/mol. The van der Waals surface area contributed by atoms with E-state index in [1.54, 1.807) is 0 Å². The minimum atomic E-state index is 0. The predicted octanol–water partition coefficient (Wildman–Crippen LogP) is 2.25. The van der Waals surface area contributed by atoms with Crippen LogP contribution in [0.1, 0.15) is 18.4 Å². The highest BCUT2D eigenvalue weighted by Crippen LogP contribution is 2.17. The number of amides is 1. The maximum atomic E-state index is 12.1. The molecule has 1 aromatic carbocycles. The van der Waals surface area contributed by atoms with Gasteiger partial charge in [-0.1, -0.05) is 17.7 Å². The van der Waals surface area contributed by atoms with Crippen LogP contribution < -0.4 is 10.1 Å². The fourth-order valence-electron chi connectivity index (χ4n) is 2.55. The zero-order valence-corrected chi connectivity index (χ0v) is 13.6. The van der Waals surface area contributed by atoms with Gasteiger partial charge >= 0.3 is 0 Å². The van der Waals surface area contributed by atoms with Crippen molar-refractivity contribution in [3.8, 4) is 5.75 Å². The first-order valence-corrected chi connectivity index (χ1v) is 7.31. The maximum Gasteiger partial charge on any atom is 0.260 e. The van der Waals surface area contributed by atoms with Gasteiger partial charge in [-0.05, 0) is 51.4 Å². The molecule has 1 heterocycles.